The summed E-state index contributed by atoms with van der Waals surface area (Å²) < 4.78 is 0. The van der Waals surface area contributed by atoms with Crippen molar-refractivity contribution < 1.29 is 14.7 Å². The van der Waals surface area contributed by atoms with Crippen molar-refractivity contribution in [2.75, 3.05) is 26.2 Å². The van der Waals surface area contributed by atoms with E-state index in [-0.39, 0.29) is 12.3 Å². The van der Waals surface area contributed by atoms with E-state index in [9.17, 15) is 9.59 Å². The van der Waals surface area contributed by atoms with Gasteiger partial charge in [-0.25, -0.2) is 0 Å². The van der Waals surface area contributed by atoms with Crippen molar-refractivity contribution in [2.24, 2.45) is 11.8 Å². The molecule has 2 aliphatic rings. The number of carboxylic acids is 1. The summed E-state index contributed by atoms with van der Waals surface area (Å²) in [5.74, 6) is 0.213. The fourth-order valence-corrected chi connectivity index (χ4v) is 3.09. The van der Waals surface area contributed by atoms with Crippen LogP contribution in [-0.2, 0) is 9.59 Å². The molecule has 2 aliphatic heterocycles. The van der Waals surface area contributed by atoms with Crippen LogP contribution >= 0.6 is 0 Å². The number of hydrogen-bond acceptors (Lipinski definition) is 3. The van der Waals surface area contributed by atoms with Crippen molar-refractivity contribution in [3.63, 3.8) is 0 Å². The molecule has 2 heterocycles. The van der Waals surface area contributed by atoms with Crippen LogP contribution in [-0.4, -0.2) is 48.1 Å². The molecule has 0 bridgehead atoms. The van der Waals surface area contributed by atoms with Crippen LogP contribution in [0.15, 0.2) is 0 Å². The van der Waals surface area contributed by atoms with Gasteiger partial charge in [0.25, 0.3) is 0 Å². The molecular weight excluding hydrogens is 244 g/mol. The number of rotatable bonds is 4. The lowest BCUT2D eigenvalue weighted by Gasteiger charge is -2.35. The molecule has 0 aliphatic carbocycles. The van der Waals surface area contributed by atoms with Crippen LogP contribution in [0.3, 0.4) is 0 Å². The Hall–Kier alpha value is -1.10. The minimum absolute atomic E-state index is 0.157. The molecule has 19 heavy (non-hydrogen) atoms. The van der Waals surface area contributed by atoms with Gasteiger partial charge in [-0.05, 0) is 44.6 Å². The summed E-state index contributed by atoms with van der Waals surface area (Å²) in [4.78, 5) is 24.8. The van der Waals surface area contributed by atoms with Crippen molar-refractivity contribution >= 4 is 11.9 Å². The van der Waals surface area contributed by atoms with Crippen molar-refractivity contribution in [2.45, 2.75) is 38.5 Å². The van der Waals surface area contributed by atoms with E-state index < -0.39 is 5.97 Å². The number of likely N-dealkylation sites (tertiary alicyclic amines) is 1. The van der Waals surface area contributed by atoms with Gasteiger partial charge in [0, 0.05) is 26.1 Å². The average molecular weight is 268 g/mol. The lowest BCUT2D eigenvalue weighted by Crippen LogP contribution is -2.46. The van der Waals surface area contributed by atoms with Gasteiger partial charge < -0.3 is 15.3 Å². The van der Waals surface area contributed by atoms with Gasteiger partial charge >= 0.3 is 5.97 Å². The van der Waals surface area contributed by atoms with Crippen LogP contribution in [0.2, 0.25) is 0 Å². The van der Waals surface area contributed by atoms with E-state index in [1.54, 1.807) is 0 Å². The van der Waals surface area contributed by atoms with Crippen molar-refractivity contribution in [1.29, 1.82) is 0 Å². The molecule has 5 nitrogen and oxygen atoms in total. The molecule has 0 spiro atoms. The Kier molecular flexibility index (Phi) is 5.19. The van der Waals surface area contributed by atoms with Gasteiger partial charge in [0.05, 0.1) is 5.92 Å². The average Bonchev–Trinajstić information content (AvgIpc) is 2.46. The maximum Gasteiger partial charge on any atom is 0.303 e. The number of amides is 1. The molecular formula is C14H24N2O3. The molecule has 0 aromatic carbocycles. The van der Waals surface area contributed by atoms with Gasteiger partial charge in [-0.1, -0.05) is 0 Å². The summed E-state index contributed by atoms with van der Waals surface area (Å²) >= 11 is 0. The summed E-state index contributed by atoms with van der Waals surface area (Å²) in [7, 11) is 0. The summed E-state index contributed by atoms with van der Waals surface area (Å²) in [5, 5.41) is 12.0. The zero-order valence-corrected chi connectivity index (χ0v) is 11.4. The highest BCUT2D eigenvalue weighted by Crippen LogP contribution is 2.24. The number of aliphatic carboxylic acids is 1. The lowest BCUT2D eigenvalue weighted by molar-refractivity contribution is -0.139. The molecule has 0 aromatic rings. The maximum atomic E-state index is 12.3. The van der Waals surface area contributed by atoms with Crippen LogP contribution in [0.25, 0.3) is 0 Å². The Morgan fingerprint density at radius 3 is 2.53 bits per heavy atom. The Labute approximate surface area is 114 Å². The molecule has 2 saturated heterocycles. The predicted molar refractivity (Wildman–Crippen MR) is 71.8 cm³/mol. The van der Waals surface area contributed by atoms with Crippen LogP contribution in [0.4, 0.5) is 0 Å². The second kappa shape index (κ2) is 6.89. The summed E-state index contributed by atoms with van der Waals surface area (Å²) in [6, 6.07) is 0. The van der Waals surface area contributed by atoms with Gasteiger partial charge in [-0.2, -0.15) is 0 Å². The number of piperidine rings is 2. The number of carbonyl (C=O) groups is 2. The molecule has 2 N–H and O–H groups in total. The second-order valence-corrected chi connectivity index (χ2v) is 5.74. The van der Waals surface area contributed by atoms with Gasteiger partial charge in [-0.3, -0.25) is 9.59 Å². The van der Waals surface area contributed by atoms with E-state index >= 15 is 0 Å². The monoisotopic (exact) mass is 268 g/mol. The molecule has 2 rings (SSSR count). The predicted octanol–water partition coefficient (Wildman–Crippen LogP) is 1.09. The topological polar surface area (TPSA) is 69.6 Å². The molecule has 1 amide bonds. The number of nitrogens with one attached hydrogen (secondary N) is 1. The Balaban J connectivity index is 1.72. The molecule has 5 heteroatoms. The normalized spacial score (nSPS) is 25.3. The smallest absolute Gasteiger partial charge is 0.303 e. The van der Waals surface area contributed by atoms with E-state index in [0.29, 0.717) is 11.8 Å². The number of carboxylic acid groups (broad SMARTS) is 1. The van der Waals surface area contributed by atoms with Gasteiger partial charge in [0.2, 0.25) is 5.91 Å². The fourth-order valence-electron chi connectivity index (χ4n) is 3.09. The largest absolute Gasteiger partial charge is 0.481 e. The van der Waals surface area contributed by atoms with Crippen molar-refractivity contribution in [3.05, 3.63) is 0 Å². The highest BCUT2D eigenvalue weighted by Gasteiger charge is 2.29. The van der Waals surface area contributed by atoms with Crippen LogP contribution in [0.5, 0.6) is 0 Å². The van der Waals surface area contributed by atoms with Crippen LogP contribution < -0.4 is 5.32 Å². The molecule has 2 fully saturated rings. The van der Waals surface area contributed by atoms with E-state index in [4.69, 9.17) is 5.11 Å². The summed E-state index contributed by atoms with van der Waals surface area (Å²) in [6.07, 6.45) is 5.02. The molecule has 0 radical (unpaired) electrons. The first kappa shape index (κ1) is 14.3. The minimum atomic E-state index is -0.716. The first-order valence-corrected chi connectivity index (χ1v) is 7.38. The zero-order valence-electron chi connectivity index (χ0n) is 11.4. The standard InChI is InChI=1S/C14H24N2O3/c17-13(18)4-3-11-5-8-16(9-6-11)14(19)12-2-1-7-15-10-12/h11-12,15H,1-10H2,(H,17,18)/t12-/m0/s1. The van der Waals surface area contributed by atoms with Crippen LogP contribution in [0, 0.1) is 11.8 Å². The quantitative estimate of drug-likeness (QED) is 0.801. The first-order chi connectivity index (χ1) is 9.16. The van der Waals surface area contributed by atoms with Crippen molar-refractivity contribution in [1.82, 2.24) is 10.2 Å². The SMILES string of the molecule is O=C(O)CCC1CCN(C(=O)[C@H]2CCCNC2)CC1. The van der Waals surface area contributed by atoms with Gasteiger partial charge in [-0.15, -0.1) is 0 Å². The maximum absolute atomic E-state index is 12.3. The second-order valence-electron chi connectivity index (χ2n) is 5.74. The highest BCUT2D eigenvalue weighted by atomic mass is 16.4. The lowest BCUT2D eigenvalue weighted by atomic mass is 9.90. The third-order valence-electron chi connectivity index (χ3n) is 4.34. The van der Waals surface area contributed by atoms with E-state index in [1.165, 1.54) is 0 Å². The summed E-state index contributed by atoms with van der Waals surface area (Å²) in [5.41, 5.74) is 0. The third kappa shape index (κ3) is 4.20. The number of carbonyl (C=O) groups excluding carboxylic acids is 1. The van der Waals surface area contributed by atoms with E-state index in [1.807, 2.05) is 4.90 Å². The Morgan fingerprint density at radius 2 is 1.95 bits per heavy atom. The van der Waals surface area contributed by atoms with E-state index in [2.05, 4.69) is 5.32 Å². The first-order valence-electron chi connectivity index (χ1n) is 7.38. The van der Waals surface area contributed by atoms with Crippen LogP contribution in [0.1, 0.15) is 38.5 Å². The molecule has 1 atom stereocenters. The Morgan fingerprint density at radius 1 is 1.21 bits per heavy atom. The van der Waals surface area contributed by atoms with E-state index in [0.717, 1.165) is 58.3 Å². The molecule has 108 valence electrons. The molecule has 0 saturated carbocycles. The highest BCUT2D eigenvalue weighted by molar-refractivity contribution is 5.79. The number of nitrogens with zero attached hydrogens (tertiary/aromatic N) is 1. The minimum Gasteiger partial charge on any atom is -0.481 e. The van der Waals surface area contributed by atoms with Crippen molar-refractivity contribution in [3.8, 4) is 0 Å². The molecule has 0 unspecified atom stereocenters. The molecule has 0 aromatic heterocycles. The van der Waals surface area contributed by atoms with Gasteiger partial charge in [0.1, 0.15) is 0 Å². The summed E-state index contributed by atoms with van der Waals surface area (Å²) in [6.45, 7) is 3.46. The van der Waals surface area contributed by atoms with Gasteiger partial charge in [0.15, 0.2) is 0 Å². The Bertz CT molecular complexity index is 319. The zero-order chi connectivity index (χ0) is 13.7. The number of hydrogen-bond donors (Lipinski definition) is 2. The fraction of sp³-hybridized carbons (Fsp3) is 0.857. The third-order valence-corrected chi connectivity index (χ3v) is 4.34.